The van der Waals surface area contributed by atoms with Crippen LogP contribution in [0.2, 0.25) is 0 Å². The molecule has 1 amide bonds. The van der Waals surface area contributed by atoms with E-state index in [-0.39, 0.29) is 17.0 Å². The van der Waals surface area contributed by atoms with Crippen LogP contribution >= 0.6 is 11.8 Å². The molecule has 2 rings (SSSR count). The molecular weight excluding hydrogens is 364 g/mol. The van der Waals surface area contributed by atoms with Crippen LogP contribution in [0.25, 0.3) is 0 Å². The molecule has 1 saturated heterocycles. The van der Waals surface area contributed by atoms with Crippen LogP contribution in [0.1, 0.15) is 23.2 Å². The zero-order chi connectivity index (χ0) is 18.5. The van der Waals surface area contributed by atoms with Gasteiger partial charge in [-0.3, -0.25) is 4.79 Å². The van der Waals surface area contributed by atoms with Crippen molar-refractivity contribution in [2.45, 2.75) is 23.3 Å². The van der Waals surface area contributed by atoms with Gasteiger partial charge < -0.3 is 10.4 Å². The summed E-state index contributed by atoms with van der Waals surface area (Å²) >= 11 is 1.65. The van der Waals surface area contributed by atoms with Crippen LogP contribution in [0.5, 0.6) is 0 Å². The first-order valence-corrected chi connectivity index (χ1v) is 10.3. The molecule has 0 radical (unpaired) electrons. The Bertz CT molecular complexity index is 753. The number of carbonyl (C=O) groups is 2. The number of nitrogens with one attached hydrogen (secondary N) is 2. The van der Waals surface area contributed by atoms with Gasteiger partial charge in [-0.1, -0.05) is 6.08 Å². The Hall–Kier alpha value is -1.84. The number of sulfonamides is 1. The van der Waals surface area contributed by atoms with E-state index in [9.17, 15) is 23.1 Å². The Labute approximate surface area is 150 Å². The first-order valence-electron chi connectivity index (χ1n) is 7.65. The SMILES string of the molecule is C=CCNS(=O)(=O)c1ccc(C(=O)NC2(C(=O)O)CCSCC2)cc1. The second kappa shape index (κ2) is 8.03. The number of aliphatic carboxylic acids is 1. The molecule has 1 heterocycles. The summed E-state index contributed by atoms with van der Waals surface area (Å²) in [5.74, 6) is -0.247. The van der Waals surface area contributed by atoms with Gasteiger partial charge in [0.25, 0.3) is 5.91 Å². The van der Waals surface area contributed by atoms with Gasteiger partial charge in [0.15, 0.2) is 0 Å². The Kier molecular flexibility index (Phi) is 6.26. The molecule has 0 atom stereocenters. The largest absolute Gasteiger partial charge is 0.480 e. The van der Waals surface area contributed by atoms with E-state index in [1.54, 1.807) is 11.8 Å². The molecule has 0 aliphatic carbocycles. The van der Waals surface area contributed by atoms with Gasteiger partial charge in [-0.2, -0.15) is 11.8 Å². The van der Waals surface area contributed by atoms with Crippen molar-refractivity contribution in [2.75, 3.05) is 18.1 Å². The molecule has 25 heavy (non-hydrogen) atoms. The molecule has 1 aromatic rings. The first-order chi connectivity index (χ1) is 11.8. The predicted molar refractivity (Wildman–Crippen MR) is 96.2 cm³/mol. The number of thioether (sulfide) groups is 1. The summed E-state index contributed by atoms with van der Waals surface area (Å²) in [6.07, 6.45) is 2.14. The van der Waals surface area contributed by atoms with Crippen molar-refractivity contribution in [1.29, 1.82) is 0 Å². The van der Waals surface area contributed by atoms with Gasteiger partial charge in [0.2, 0.25) is 10.0 Å². The monoisotopic (exact) mass is 384 g/mol. The van der Waals surface area contributed by atoms with Crippen LogP contribution < -0.4 is 10.0 Å². The Morgan fingerprint density at radius 3 is 2.36 bits per heavy atom. The van der Waals surface area contributed by atoms with Gasteiger partial charge in [-0.05, 0) is 48.6 Å². The zero-order valence-electron chi connectivity index (χ0n) is 13.5. The summed E-state index contributed by atoms with van der Waals surface area (Å²) in [6.45, 7) is 3.54. The van der Waals surface area contributed by atoms with Gasteiger partial charge in [0.05, 0.1) is 4.90 Å². The second-order valence-corrected chi connectivity index (χ2v) is 8.61. The molecule has 0 unspecified atom stereocenters. The van der Waals surface area contributed by atoms with Gasteiger partial charge in [-0.15, -0.1) is 6.58 Å². The third kappa shape index (κ3) is 4.62. The molecule has 0 aromatic heterocycles. The fourth-order valence-electron chi connectivity index (χ4n) is 2.44. The first kappa shape index (κ1) is 19.5. The van der Waals surface area contributed by atoms with Gasteiger partial charge in [0, 0.05) is 12.1 Å². The highest BCUT2D eigenvalue weighted by atomic mass is 32.2. The number of carbonyl (C=O) groups excluding carboxylic acids is 1. The van der Waals surface area contributed by atoms with Crippen molar-refractivity contribution in [3.05, 3.63) is 42.5 Å². The van der Waals surface area contributed by atoms with Crippen molar-refractivity contribution in [1.82, 2.24) is 10.0 Å². The lowest BCUT2D eigenvalue weighted by molar-refractivity contribution is -0.144. The molecule has 1 aliphatic heterocycles. The third-order valence-corrected chi connectivity index (χ3v) is 6.38. The maximum atomic E-state index is 12.4. The maximum absolute atomic E-state index is 12.4. The lowest BCUT2D eigenvalue weighted by Gasteiger charge is -2.33. The van der Waals surface area contributed by atoms with Crippen LogP contribution in [0, 0.1) is 0 Å². The van der Waals surface area contributed by atoms with E-state index in [0.29, 0.717) is 24.3 Å². The summed E-state index contributed by atoms with van der Waals surface area (Å²) in [5.41, 5.74) is -1.06. The van der Waals surface area contributed by atoms with Crippen molar-refractivity contribution >= 4 is 33.7 Å². The van der Waals surface area contributed by atoms with Crippen molar-refractivity contribution < 1.29 is 23.1 Å². The molecule has 1 aromatic carbocycles. The highest BCUT2D eigenvalue weighted by Gasteiger charge is 2.41. The smallest absolute Gasteiger partial charge is 0.329 e. The molecule has 0 saturated carbocycles. The van der Waals surface area contributed by atoms with E-state index < -0.39 is 27.4 Å². The molecule has 0 bridgehead atoms. The molecule has 9 heteroatoms. The van der Waals surface area contributed by atoms with E-state index in [2.05, 4.69) is 16.6 Å². The minimum absolute atomic E-state index is 0.0212. The maximum Gasteiger partial charge on any atom is 0.329 e. The number of hydrogen-bond donors (Lipinski definition) is 3. The molecule has 3 N–H and O–H groups in total. The van der Waals surface area contributed by atoms with E-state index in [1.165, 1.54) is 30.3 Å². The van der Waals surface area contributed by atoms with Gasteiger partial charge in [0.1, 0.15) is 5.54 Å². The Morgan fingerprint density at radius 1 is 1.24 bits per heavy atom. The molecule has 1 aliphatic rings. The van der Waals surface area contributed by atoms with Crippen molar-refractivity contribution in [2.24, 2.45) is 0 Å². The van der Waals surface area contributed by atoms with Gasteiger partial charge in [-0.25, -0.2) is 17.9 Å². The average Bonchev–Trinajstić information content (AvgIpc) is 2.61. The number of hydrogen-bond acceptors (Lipinski definition) is 5. The minimum atomic E-state index is -3.67. The van der Waals surface area contributed by atoms with Crippen LogP contribution in [0.3, 0.4) is 0 Å². The number of carboxylic acids is 1. The minimum Gasteiger partial charge on any atom is -0.480 e. The summed E-state index contributed by atoms with van der Waals surface area (Å²) in [6, 6.07) is 5.35. The van der Waals surface area contributed by atoms with Crippen LogP contribution in [0.15, 0.2) is 41.8 Å². The number of rotatable bonds is 7. The van der Waals surface area contributed by atoms with E-state index >= 15 is 0 Å². The van der Waals surface area contributed by atoms with Crippen LogP contribution in [-0.4, -0.2) is 49.0 Å². The molecule has 0 spiro atoms. The summed E-state index contributed by atoms with van der Waals surface area (Å²) < 4.78 is 26.3. The lowest BCUT2D eigenvalue weighted by Crippen LogP contribution is -2.56. The lowest BCUT2D eigenvalue weighted by atomic mass is 9.92. The topological polar surface area (TPSA) is 113 Å². The normalized spacial score (nSPS) is 16.8. The van der Waals surface area contributed by atoms with Crippen LogP contribution in [0.4, 0.5) is 0 Å². The highest BCUT2D eigenvalue weighted by molar-refractivity contribution is 7.99. The number of carboxylic acid groups (broad SMARTS) is 1. The standard InChI is InChI=1S/C16H20N2O5S2/c1-2-9-17-25(22,23)13-5-3-12(4-6-13)14(19)18-16(15(20)21)7-10-24-11-8-16/h2-6,17H,1,7-11H2,(H,18,19)(H,20,21). The summed E-state index contributed by atoms with van der Waals surface area (Å²) in [7, 11) is -3.67. The fraction of sp³-hybridized carbons (Fsp3) is 0.375. The van der Waals surface area contributed by atoms with Crippen molar-refractivity contribution in [3.8, 4) is 0 Å². The van der Waals surface area contributed by atoms with E-state index in [4.69, 9.17) is 0 Å². The third-order valence-electron chi connectivity index (χ3n) is 3.95. The fourth-order valence-corrected chi connectivity index (χ4v) is 4.63. The molecule has 1 fully saturated rings. The quantitative estimate of drug-likeness (QED) is 0.610. The molecule has 7 nitrogen and oxygen atoms in total. The van der Waals surface area contributed by atoms with Crippen LogP contribution in [-0.2, 0) is 14.8 Å². The second-order valence-electron chi connectivity index (χ2n) is 5.62. The molecular formula is C16H20N2O5S2. The zero-order valence-corrected chi connectivity index (χ0v) is 15.2. The van der Waals surface area contributed by atoms with E-state index in [0.717, 1.165) is 0 Å². The summed E-state index contributed by atoms with van der Waals surface area (Å²) in [4.78, 5) is 24.0. The molecule has 136 valence electrons. The Morgan fingerprint density at radius 2 is 1.84 bits per heavy atom. The van der Waals surface area contributed by atoms with E-state index in [1.807, 2.05) is 0 Å². The highest BCUT2D eigenvalue weighted by Crippen LogP contribution is 2.28. The average molecular weight is 384 g/mol. The summed E-state index contributed by atoms with van der Waals surface area (Å²) in [5, 5.41) is 12.1. The van der Waals surface area contributed by atoms with Gasteiger partial charge >= 0.3 is 5.97 Å². The van der Waals surface area contributed by atoms with Crippen molar-refractivity contribution in [3.63, 3.8) is 0 Å². The number of amides is 1. The predicted octanol–water partition coefficient (Wildman–Crippen LogP) is 1.23. The Balaban J connectivity index is 2.15. The number of benzene rings is 1.